The van der Waals surface area contributed by atoms with E-state index in [0.29, 0.717) is 5.82 Å². The molecule has 0 spiro atoms. The Morgan fingerprint density at radius 2 is 2.31 bits per heavy atom. The smallest absolute Gasteiger partial charge is 0.181 e. The van der Waals surface area contributed by atoms with Gasteiger partial charge in [0.15, 0.2) is 11.6 Å². The van der Waals surface area contributed by atoms with Crippen LogP contribution in [-0.4, -0.2) is 5.16 Å². The Labute approximate surface area is 87.7 Å². The van der Waals surface area contributed by atoms with Crippen LogP contribution in [0.1, 0.15) is 5.56 Å². The molecule has 2 aromatic rings. The molecule has 0 bridgehead atoms. The van der Waals surface area contributed by atoms with Crippen molar-refractivity contribution >= 4 is 33.1 Å². The number of nitrogen functional groups attached to an aromatic ring is 1. The summed E-state index contributed by atoms with van der Waals surface area (Å²) in [5.74, 6) is 1.22. The molecule has 2 rings (SSSR count). The monoisotopic (exact) mass is 258 g/mol. The second-order valence-electron chi connectivity index (χ2n) is 2.63. The van der Waals surface area contributed by atoms with Crippen molar-refractivity contribution < 1.29 is 4.52 Å². The molecule has 0 fully saturated rings. The van der Waals surface area contributed by atoms with Gasteiger partial charge in [0.1, 0.15) is 0 Å². The van der Waals surface area contributed by atoms with Gasteiger partial charge in [0.2, 0.25) is 0 Å². The highest BCUT2D eigenvalue weighted by molar-refractivity contribution is 9.11. The quantitative estimate of drug-likeness (QED) is 0.856. The Morgan fingerprint density at radius 1 is 1.54 bits per heavy atom. The maximum atomic E-state index is 5.57. The summed E-state index contributed by atoms with van der Waals surface area (Å²) in [7, 11) is 0. The van der Waals surface area contributed by atoms with Gasteiger partial charge in [0.25, 0.3) is 0 Å². The van der Waals surface area contributed by atoms with E-state index in [1.807, 2.05) is 19.1 Å². The zero-order valence-electron chi connectivity index (χ0n) is 6.87. The number of hydrogen-bond acceptors (Lipinski definition) is 4. The van der Waals surface area contributed by atoms with Crippen molar-refractivity contribution in [2.45, 2.75) is 6.92 Å². The van der Waals surface area contributed by atoms with Crippen molar-refractivity contribution in [3.63, 3.8) is 0 Å². The first kappa shape index (κ1) is 8.77. The van der Waals surface area contributed by atoms with E-state index < -0.39 is 0 Å². The molecule has 0 atom stereocenters. The van der Waals surface area contributed by atoms with Gasteiger partial charge in [-0.1, -0.05) is 5.16 Å². The van der Waals surface area contributed by atoms with Crippen LogP contribution in [0, 0.1) is 6.92 Å². The minimum Gasteiger partial charge on any atom is -0.381 e. The Balaban J connectivity index is 2.52. The summed E-state index contributed by atoms with van der Waals surface area (Å²) in [4.78, 5) is 1.04. The lowest BCUT2D eigenvalue weighted by Crippen LogP contribution is -1.85. The molecular weight excluding hydrogens is 252 g/mol. The molecule has 2 N–H and O–H groups in total. The molecule has 0 aliphatic heterocycles. The highest BCUT2D eigenvalue weighted by Crippen LogP contribution is 2.34. The average Bonchev–Trinajstić information content (AvgIpc) is 2.62. The Kier molecular flexibility index (Phi) is 2.13. The molecule has 0 aliphatic carbocycles. The summed E-state index contributed by atoms with van der Waals surface area (Å²) in [6, 6.07) is 3.94. The van der Waals surface area contributed by atoms with Gasteiger partial charge in [0, 0.05) is 5.56 Å². The molecule has 3 nitrogen and oxygen atoms in total. The predicted octanol–water partition coefficient (Wildman–Crippen LogP) is 3.06. The van der Waals surface area contributed by atoms with Crippen LogP contribution in [0.2, 0.25) is 0 Å². The Hall–Kier alpha value is -0.810. The van der Waals surface area contributed by atoms with E-state index in [-0.39, 0.29) is 0 Å². The fraction of sp³-hybridized carbons (Fsp3) is 0.125. The van der Waals surface area contributed by atoms with Crippen molar-refractivity contribution in [3.8, 4) is 10.6 Å². The molecule has 0 saturated heterocycles. The molecular formula is C8H7BrN2OS. The highest BCUT2D eigenvalue weighted by atomic mass is 79.9. The lowest BCUT2D eigenvalue weighted by atomic mass is 10.2. The molecule has 0 amide bonds. The number of anilines is 1. The zero-order chi connectivity index (χ0) is 9.42. The lowest BCUT2D eigenvalue weighted by molar-refractivity contribution is 0.436. The van der Waals surface area contributed by atoms with E-state index in [0.717, 1.165) is 20.0 Å². The van der Waals surface area contributed by atoms with E-state index >= 15 is 0 Å². The standard InChI is InChI=1S/C8H7BrN2OS/c1-4-7(12-11-8(4)10)5-2-3-6(9)13-5/h2-3H,1H3,(H2,10,11). The third-order valence-corrected chi connectivity index (χ3v) is 3.38. The molecule has 0 radical (unpaired) electrons. The van der Waals surface area contributed by atoms with E-state index in [9.17, 15) is 0 Å². The SMILES string of the molecule is Cc1c(N)noc1-c1ccc(Br)s1. The largest absolute Gasteiger partial charge is 0.381 e. The second-order valence-corrected chi connectivity index (χ2v) is 5.09. The topological polar surface area (TPSA) is 52.0 Å². The number of nitrogens with zero attached hydrogens (tertiary/aromatic N) is 1. The van der Waals surface area contributed by atoms with Crippen LogP contribution in [0.15, 0.2) is 20.4 Å². The maximum Gasteiger partial charge on any atom is 0.181 e. The van der Waals surface area contributed by atoms with Crippen LogP contribution < -0.4 is 5.73 Å². The summed E-state index contributed by atoms with van der Waals surface area (Å²) in [6.45, 7) is 1.90. The highest BCUT2D eigenvalue weighted by Gasteiger charge is 2.12. The number of aromatic nitrogens is 1. The van der Waals surface area contributed by atoms with Crippen LogP contribution in [0.25, 0.3) is 10.6 Å². The molecule has 2 aromatic heterocycles. The summed E-state index contributed by atoms with van der Waals surface area (Å²) in [5.41, 5.74) is 6.47. The lowest BCUT2D eigenvalue weighted by Gasteiger charge is -1.89. The van der Waals surface area contributed by atoms with Gasteiger partial charge in [-0.2, -0.15) is 0 Å². The van der Waals surface area contributed by atoms with Crippen LogP contribution in [0.4, 0.5) is 5.82 Å². The molecule has 68 valence electrons. The van der Waals surface area contributed by atoms with Gasteiger partial charge in [-0.15, -0.1) is 11.3 Å². The first-order valence-electron chi connectivity index (χ1n) is 3.66. The first-order valence-corrected chi connectivity index (χ1v) is 5.27. The molecule has 2 heterocycles. The summed E-state index contributed by atoms with van der Waals surface area (Å²) >= 11 is 4.98. The van der Waals surface area contributed by atoms with Crippen LogP contribution in [-0.2, 0) is 0 Å². The van der Waals surface area contributed by atoms with Crippen molar-refractivity contribution in [1.29, 1.82) is 0 Å². The number of hydrogen-bond donors (Lipinski definition) is 1. The minimum atomic E-state index is 0.458. The molecule has 13 heavy (non-hydrogen) atoms. The maximum absolute atomic E-state index is 5.57. The third kappa shape index (κ3) is 1.49. The summed E-state index contributed by atoms with van der Waals surface area (Å²) in [6.07, 6.45) is 0. The first-order chi connectivity index (χ1) is 6.18. The van der Waals surface area contributed by atoms with Gasteiger partial charge >= 0.3 is 0 Å². The fourth-order valence-corrected chi connectivity index (χ4v) is 2.43. The van der Waals surface area contributed by atoms with E-state index in [1.54, 1.807) is 11.3 Å². The molecule has 0 saturated carbocycles. The molecule has 0 unspecified atom stereocenters. The van der Waals surface area contributed by atoms with Gasteiger partial charge in [-0.25, -0.2) is 0 Å². The molecule has 0 aromatic carbocycles. The van der Waals surface area contributed by atoms with Crippen molar-refractivity contribution in [2.24, 2.45) is 0 Å². The van der Waals surface area contributed by atoms with E-state index in [2.05, 4.69) is 21.1 Å². The van der Waals surface area contributed by atoms with Crippen molar-refractivity contribution in [3.05, 3.63) is 21.5 Å². The van der Waals surface area contributed by atoms with Crippen molar-refractivity contribution in [1.82, 2.24) is 5.16 Å². The zero-order valence-corrected chi connectivity index (χ0v) is 9.28. The van der Waals surface area contributed by atoms with Crippen LogP contribution in [0.3, 0.4) is 0 Å². The number of thiophene rings is 1. The van der Waals surface area contributed by atoms with Crippen LogP contribution >= 0.6 is 27.3 Å². The average molecular weight is 259 g/mol. The van der Waals surface area contributed by atoms with E-state index in [4.69, 9.17) is 10.3 Å². The molecule has 5 heteroatoms. The summed E-state index contributed by atoms with van der Waals surface area (Å²) < 4.78 is 6.18. The number of nitrogens with two attached hydrogens (primary N) is 1. The molecule has 0 aliphatic rings. The summed E-state index contributed by atoms with van der Waals surface area (Å²) in [5, 5.41) is 3.70. The van der Waals surface area contributed by atoms with E-state index in [1.165, 1.54) is 0 Å². The normalized spacial score (nSPS) is 10.6. The minimum absolute atomic E-state index is 0.458. The van der Waals surface area contributed by atoms with Crippen molar-refractivity contribution in [2.75, 3.05) is 5.73 Å². The second kappa shape index (κ2) is 3.16. The van der Waals surface area contributed by atoms with Gasteiger partial charge in [-0.05, 0) is 35.0 Å². The Bertz CT molecular complexity index is 435. The third-order valence-electron chi connectivity index (χ3n) is 1.76. The fourth-order valence-electron chi connectivity index (χ4n) is 1.01. The van der Waals surface area contributed by atoms with Crippen LogP contribution in [0.5, 0.6) is 0 Å². The van der Waals surface area contributed by atoms with Gasteiger partial charge in [-0.3, -0.25) is 0 Å². The number of rotatable bonds is 1. The van der Waals surface area contributed by atoms with Gasteiger partial charge < -0.3 is 10.3 Å². The Morgan fingerprint density at radius 3 is 2.77 bits per heavy atom. The predicted molar refractivity (Wildman–Crippen MR) is 56.7 cm³/mol. The number of halogens is 1. The van der Waals surface area contributed by atoms with Gasteiger partial charge in [0.05, 0.1) is 8.66 Å².